The summed E-state index contributed by atoms with van der Waals surface area (Å²) < 4.78 is 92.0. The first-order valence-electron chi connectivity index (χ1n) is 8.09. The first-order valence-corrected chi connectivity index (χ1v) is 11.0. The average Bonchev–Trinajstić information content (AvgIpc) is 2.61. The van der Waals surface area contributed by atoms with E-state index >= 15 is 0 Å². The summed E-state index contributed by atoms with van der Waals surface area (Å²) in [4.78, 5) is 24.9. The number of Topliss-reactive ketones (excluding diaryl/α,β-unsaturated/α-hetero) is 1. The van der Waals surface area contributed by atoms with E-state index in [0.717, 1.165) is 43.0 Å². The number of nitrogens with one attached hydrogen (secondary N) is 1. The molecule has 2 aromatic carbocycles. The number of halogens is 7. The molecule has 3 rings (SSSR count). The fourth-order valence-corrected chi connectivity index (χ4v) is 4.44. The van der Waals surface area contributed by atoms with Gasteiger partial charge >= 0.3 is 10.2 Å². The number of rotatable bonds is 5. The maximum atomic E-state index is 14.0. The molecule has 1 aromatic heterocycles. The zero-order valence-electron chi connectivity index (χ0n) is 14.9. The molecule has 1 N–H and O–H groups in total. The van der Waals surface area contributed by atoms with Crippen molar-refractivity contribution < 1.29 is 33.0 Å². The number of benzene rings is 2. The van der Waals surface area contributed by atoms with Crippen LogP contribution >= 0.6 is 22.0 Å². The number of hydrogen-bond donors (Lipinski definition) is 1. The summed E-state index contributed by atoms with van der Waals surface area (Å²) in [7, 11) is -9.80. The third-order valence-electron chi connectivity index (χ3n) is 4.13. The molecule has 0 aliphatic carbocycles. The Hall–Kier alpha value is -2.47. The fraction of sp³-hybridized carbons (Fsp3) is 0.111. The van der Waals surface area contributed by atoms with Gasteiger partial charge in [-0.2, -0.15) is 0 Å². The molecule has 3 nitrogen and oxygen atoms in total. The maximum absolute atomic E-state index is 14.0. The predicted molar refractivity (Wildman–Crippen MR) is 102 cm³/mol. The fourth-order valence-electron chi connectivity index (χ4n) is 2.73. The SMILES string of the molecule is CC(=O)c1c(SCc2ccc(S(F)(F)(F)(F)F)cc2)[nH]c2c(F)ccc(F)c2c1=O. The summed E-state index contributed by atoms with van der Waals surface area (Å²) in [6, 6.07) is 3.65. The smallest absolute Gasteiger partial charge is 0.310 e. The zero-order chi connectivity index (χ0) is 22.5. The van der Waals surface area contributed by atoms with E-state index < -0.39 is 54.4 Å². The Balaban J connectivity index is 2.01. The summed E-state index contributed by atoms with van der Waals surface area (Å²) in [5.74, 6) is -2.85. The molecule has 0 bridgehead atoms. The molecule has 0 atom stereocenters. The maximum Gasteiger partial charge on any atom is 0.310 e. The van der Waals surface area contributed by atoms with Crippen LogP contribution in [0.4, 0.5) is 28.2 Å². The second kappa shape index (κ2) is 6.51. The number of carbonyl (C=O) groups excluding carboxylic acids is 1. The van der Waals surface area contributed by atoms with Crippen molar-refractivity contribution in [1.82, 2.24) is 4.98 Å². The van der Waals surface area contributed by atoms with Gasteiger partial charge in [0, 0.05) is 5.75 Å². The standard InChI is InChI=1S/C18H12F7NO2S2/c1-9(27)14-17(28)15-12(19)6-7-13(20)16(15)26-18(14)29-8-10-2-4-11(5-3-10)30(21,22,23,24)25/h2-7H,8H2,1H3,(H,26,28). The summed E-state index contributed by atoms with van der Waals surface area (Å²) in [5.41, 5.74) is -1.78. The molecule has 0 radical (unpaired) electrons. The van der Waals surface area contributed by atoms with Gasteiger partial charge in [0.2, 0.25) is 5.43 Å². The highest BCUT2D eigenvalue weighted by Gasteiger charge is 2.65. The molecular formula is C18H12F7NO2S2. The van der Waals surface area contributed by atoms with E-state index in [0.29, 0.717) is 0 Å². The van der Waals surface area contributed by atoms with Crippen LogP contribution in [0.3, 0.4) is 0 Å². The van der Waals surface area contributed by atoms with Crippen LogP contribution in [-0.4, -0.2) is 10.8 Å². The molecule has 0 saturated heterocycles. The van der Waals surface area contributed by atoms with Gasteiger partial charge in [-0.15, -0.1) is 11.8 Å². The van der Waals surface area contributed by atoms with E-state index in [-0.39, 0.29) is 28.5 Å². The van der Waals surface area contributed by atoms with Crippen LogP contribution in [0.25, 0.3) is 10.9 Å². The first kappa shape index (κ1) is 22.2. The summed E-state index contributed by atoms with van der Waals surface area (Å²) >= 11 is 0.759. The molecule has 0 amide bonds. The highest BCUT2D eigenvalue weighted by Crippen LogP contribution is 3.02. The molecule has 12 heteroatoms. The van der Waals surface area contributed by atoms with Crippen LogP contribution in [0.1, 0.15) is 22.8 Å². The number of fused-ring (bicyclic) bond motifs is 1. The number of carbonyl (C=O) groups is 1. The molecule has 0 fully saturated rings. The van der Waals surface area contributed by atoms with Crippen molar-refractivity contribution in [3.63, 3.8) is 0 Å². The Bertz CT molecular complexity index is 1240. The van der Waals surface area contributed by atoms with Gasteiger partial charge in [0.1, 0.15) is 16.5 Å². The number of hydrogen-bond acceptors (Lipinski definition) is 3. The van der Waals surface area contributed by atoms with E-state index in [1.165, 1.54) is 0 Å². The Labute approximate surface area is 169 Å². The molecule has 0 unspecified atom stereocenters. The Morgan fingerprint density at radius 1 is 0.967 bits per heavy atom. The molecule has 30 heavy (non-hydrogen) atoms. The van der Waals surface area contributed by atoms with E-state index in [4.69, 9.17) is 0 Å². The van der Waals surface area contributed by atoms with Gasteiger partial charge in [0.25, 0.3) is 0 Å². The van der Waals surface area contributed by atoms with E-state index in [1.807, 2.05) is 0 Å². The molecule has 1 heterocycles. The van der Waals surface area contributed by atoms with Crippen LogP contribution in [0.2, 0.25) is 0 Å². The average molecular weight is 471 g/mol. The Morgan fingerprint density at radius 2 is 1.53 bits per heavy atom. The predicted octanol–water partition coefficient (Wildman–Crippen LogP) is 6.96. The molecule has 3 aromatic rings. The summed E-state index contributed by atoms with van der Waals surface area (Å²) in [6.45, 7) is 1.04. The second-order valence-corrected chi connectivity index (χ2v) is 9.79. The van der Waals surface area contributed by atoms with Gasteiger partial charge in [-0.3, -0.25) is 9.59 Å². The lowest BCUT2D eigenvalue weighted by molar-refractivity contribution is 0.101. The molecular weight excluding hydrogens is 459 g/mol. The van der Waals surface area contributed by atoms with Gasteiger partial charge in [-0.1, -0.05) is 31.6 Å². The highest BCUT2D eigenvalue weighted by atomic mass is 32.5. The van der Waals surface area contributed by atoms with Crippen molar-refractivity contribution in [1.29, 1.82) is 0 Å². The van der Waals surface area contributed by atoms with Crippen LogP contribution in [0.5, 0.6) is 0 Å². The second-order valence-electron chi connectivity index (χ2n) is 6.40. The van der Waals surface area contributed by atoms with Gasteiger partial charge in [-0.05, 0) is 36.8 Å². The van der Waals surface area contributed by atoms with Gasteiger partial charge in [0.05, 0.1) is 21.5 Å². The van der Waals surface area contributed by atoms with Gasteiger partial charge < -0.3 is 4.98 Å². The van der Waals surface area contributed by atoms with Crippen molar-refractivity contribution >= 4 is 38.7 Å². The number of thioether (sulfide) groups is 1. The van der Waals surface area contributed by atoms with E-state index in [9.17, 15) is 37.8 Å². The van der Waals surface area contributed by atoms with Crippen LogP contribution in [0.15, 0.2) is 51.1 Å². The lowest BCUT2D eigenvalue weighted by Crippen LogP contribution is -2.18. The first-order chi connectivity index (χ1) is 13.6. The Morgan fingerprint density at radius 3 is 2.07 bits per heavy atom. The minimum atomic E-state index is -9.80. The van der Waals surface area contributed by atoms with Crippen LogP contribution in [-0.2, 0) is 5.75 Å². The van der Waals surface area contributed by atoms with Crippen molar-refractivity contribution in [2.45, 2.75) is 22.6 Å². The molecule has 0 spiro atoms. The van der Waals surface area contributed by atoms with Crippen molar-refractivity contribution in [2.75, 3.05) is 0 Å². The van der Waals surface area contributed by atoms with Crippen molar-refractivity contribution in [3.05, 3.63) is 69.4 Å². The molecule has 162 valence electrons. The lowest BCUT2D eigenvalue weighted by atomic mass is 10.1. The van der Waals surface area contributed by atoms with E-state index in [1.54, 1.807) is 0 Å². The number of ketones is 1. The summed E-state index contributed by atoms with van der Waals surface area (Å²) in [6.07, 6.45) is 0. The Kier molecular flexibility index (Phi) is 4.82. The molecule has 0 aliphatic rings. The third-order valence-corrected chi connectivity index (χ3v) is 6.36. The minimum Gasteiger partial charge on any atom is -0.346 e. The number of H-pyrrole nitrogens is 1. The topological polar surface area (TPSA) is 49.9 Å². The lowest BCUT2D eigenvalue weighted by Gasteiger charge is -2.40. The van der Waals surface area contributed by atoms with Gasteiger partial charge in [-0.25, -0.2) is 8.78 Å². The van der Waals surface area contributed by atoms with Gasteiger partial charge in [0.15, 0.2) is 5.78 Å². The van der Waals surface area contributed by atoms with Crippen LogP contribution < -0.4 is 5.43 Å². The quantitative estimate of drug-likeness (QED) is 0.249. The largest absolute Gasteiger partial charge is 0.346 e. The zero-order valence-corrected chi connectivity index (χ0v) is 16.6. The van der Waals surface area contributed by atoms with Crippen molar-refractivity contribution in [2.24, 2.45) is 0 Å². The monoisotopic (exact) mass is 471 g/mol. The van der Waals surface area contributed by atoms with Crippen LogP contribution in [0, 0.1) is 11.6 Å². The summed E-state index contributed by atoms with van der Waals surface area (Å²) in [5, 5.41) is -0.758. The highest BCUT2D eigenvalue weighted by molar-refractivity contribution is 8.45. The van der Waals surface area contributed by atoms with E-state index in [2.05, 4.69) is 4.98 Å². The number of aromatic amines is 1. The number of pyridine rings is 1. The molecule has 0 saturated carbocycles. The minimum absolute atomic E-state index is 0.124. The van der Waals surface area contributed by atoms with Crippen molar-refractivity contribution in [3.8, 4) is 0 Å². The third kappa shape index (κ3) is 4.33. The normalized spacial score (nSPS) is 14.4. The number of aromatic nitrogens is 1. The molecule has 0 aliphatic heterocycles.